The molecule has 0 spiro atoms. The topological polar surface area (TPSA) is 46.9 Å². The first-order valence-electron chi connectivity index (χ1n) is 8.14. The van der Waals surface area contributed by atoms with Gasteiger partial charge in [0.05, 0.1) is 5.69 Å². The van der Waals surface area contributed by atoms with Crippen LogP contribution in [0.1, 0.15) is 56.0 Å². The summed E-state index contributed by atoms with van der Waals surface area (Å²) in [6, 6.07) is 0. The van der Waals surface area contributed by atoms with Crippen molar-refractivity contribution in [2.45, 2.75) is 63.8 Å². The predicted octanol–water partition coefficient (Wildman–Crippen LogP) is 3.01. The van der Waals surface area contributed by atoms with E-state index in [1.807, 2.05) is 13.1 Å². The summed E-state index contributed by atoms with van der Waals surface area (Å²) in [5, 5.41) is 2.88. The predicted molar refractivity (Wildman–Crippen MR) is 78.9 cm³/mol. The largest absolute Gasteiger partial charge is 0.355 e. The molecular weight excluding hydrogens is 288 g/mol. The molecule has 0 bridgehead atoms. The van der Waals surface area contributed by atoms with Crippen molar-refractivity contribution < 1.29 is 13.6 Å². The number of aryl methyl sites for hydroxylation is 2. The van der Waals surface area contributed by atoms with Gasteiger partial charge in [-0.25, -0.2) is 13.8 Å². The minimum atomic E-state index is -2.68. The second-order valence-electron chi connectivity index (χ2n) is 6.67. The first-order chi connectivity index (χ1) is 10.4. The molecule has 22 heavy (non-hydrogen) atoms. The van der Waals surface area contributed by atoms with Crippen LogP contribution >= 0.6 is 0 Å². The van der Waals surface area contributed by atoms with Gasteiger partial charge in [0.2, 0.25) is 11.8 Å². The molecule has 1 aromatic rings. The van der Waals surface area contributed by atoms with E-state index < -0.39 is 11.8 Å². The van der Waals surface area contributed by atoms with Gasteiger partial charge in [-0.1, -0.05) is 0 Å². The summed E-state index contributed by atoms with van der Waals surface area (Å²) in [5.41, 5.74) is 0.986. The number of halogens is 2. The van der Waals surface area contributed by atoms with Gasteiger partial charge in [-0.15, -0.1) is 0 Å². The van der Waals surface area contributed by atoms with Gasteiger partial charge in [0, 0.05) is 44.0 Å². The van der Waals surface area contributed by atoms with Crippen LogP contribution in [-0.4, -0.2) is 27.9 Å². The van der Waals surface area contributed by atoms with Crippen molar-refractivity contribution in [3.05, 3.63) is 17.7 Å². The summed E-state index contributed by atoms with van der Waals surface area (Å²) in [6.45, 7) is 3.43. The number of rotatable bonds is 3. The van der Waals surface area contributed by atoms with Crippen molar-refractivity contribution in [2.75, 3.05) is 6.54 Å². The first-order valence-corrected chi connectivity index (χ1v) is 8.14. The third-order valence-electron chi connectivity index (χ3n) is 4.78. The number of alkyl halides is 2. The fourth-order valence-electron chi connectivity index (χ4n) is 3.66. The van der Waals surface area contributed by atoms with Crippen molar-refractivity contribution in [1.29, 1.82) is 0 Å². The molecule has 1 aliphatic carbocycles. The number of fused-ring (bicyclic) bond motifs is 1. The van der Waals surface area contributed by atoms with Crippen LogP contribution in [0.5, 0.6) is 0 Å². The average Bonchev–Trinajstić information content (AvgIpc) is 2.84. The molecule has 2 atom stereocenters. The number of nitrogens with one attached hydrogen (secondary N) is 1. The highest BCUT2D eigenvalue weighted by atomic mass is 19.3. The monoisotopic (exact) mass is 311 g/mol. The fraction of sp³-hybridized carbons (Fsp3) is 0.750. The lowest BCUT2D eigenvalue weighted by molar-refractivity contribution is -0.132. The molecule has 3 rings (SSSR count). The van der Waals surface area contributed by atoms with E-state index in [2.05, 4.69) is 14.9 Å². The van der Waals surface area contributed by atoms with Crippen LogP contribution in [0.2, 0.25) is 0 Å². The van der Waals surface area contributed by atoms with E-state index in [-0.39, 0.29) is 24.7 Å². The number of nitrogens with zero attached hydrogens (tertiary/aromatic N) is 2. The minimum Gasteiger partial charge on any atom is -0.355 e. The lowest BCUT2D eigenvalue weighted by Gasteiger charge is -2.29. The molecule has 0 aromatic carbocycles. The number of amides is 1. The van der Waals surface area contributed by atoms with Crippen LogP contribution in [0.15, 0.2) is 6.20 Å². The van der Waals surface area contributed by atoms with E-state index in [4.69, 9.17) is 0 Å². The molecule has 1 saturated carbocycles. The van der Waals surface area contributed by atoms with Crippen LogP contribution in [0.4, 0.5) is 8.78 Å². The number of aromatic nitrogens is 2. The second kappa shape index (κ2) is 5.97. The van der Waals surface area contributed by atoms with Gasteiger partial charge in [-0.3, -0.25) is 4.79 Å². The molecule has 1 N–H and O–H groups in total. The Morgan fingerprint density at radius 2 is 2.27 bits per heavy atom. The Kier molecular flexibility index (Phi) is 4.19. The SMILES string of the molecule is Cc1cn2c(n1)[C@H](CNC(=O)[C@H]1CCCC(F)(F)C1)CCC2. The van der Waals surface area contributed by atoms with Crippen LogP contribution in [0.25, 0.3) is 0 Å². The highest BCUT2D eigenvalue weighted by molar-refractivity contribution is 5.78. The third kappa shape index (κ3) is 3.31. The Labute approximate surface area is 129 Å². The Morgan fingerprint density at radius 3 is 3.05 bits per heavy atom. The van der Waals surface area contributed by atoms with E-state index in [0.29, 0.717) is 19.4 Å². The fourth-order valence-corrected chi connectivity index (χ4v) is 3.66. The lowest BCUT2D eigenvalue weighted by Crippen LogP contribution is -2.39. The van der Waals surface area contributed by atoms with Crippen molar-refractivity contribution in [3.63, 3.8) is 0 Å². The Morgan fingerprint density at radius 1 is 1.45 bits per heavy atom. The van der Waals surface area contributed by atoms with Crippen LogP contribution in [0.3, 0.4) is 0 Å². The molecule has 1 fully saturated rings. The zero-order valence-corrected chi connectivity index (χ0v) is 12.9. The summed E-state index contributed by atoms with van der Waals surface area (Å²) in [7, 11) is 0. The van der Waals surface area contributed by atoms with Gasteiger partial charge >= 0.3 is 0 Å². The highest BCUT2D eigenvalue weighted by Gasteiger charge is 2.39. The number of hydrogen-bond donors (Lipinski definition) is 1. The van der Waals surface area contributed by atoms with E-state index in [1.54, 1.807) is 0 Å². The van der Waals surface area contributed by atoms with Gasteiger partial charge in [0.15, 0.2) is 0 Å². The Hall–Kier alpha value is -1.46. The third-order valence-corrected chi connectivity index (χ3v) is 4.78. The summed E-state index contributed by atoms with van der Waals surface area (Å²) in [6.07, 6.45) is 4.68. The molecule has 0 unspecified atom stereocenters. The summed E-state index contributed by atoms with van der Waals surface area (Å²) < 4.78 is 29.0. The second-order valence-corrected chi connectivity index (χ2v) is 6.67. The molecule has 1 aromatic heterocycles. The molecule has 2 heterocycles. The van der Waals surface area contributed by atoms with Gasteiger partial charge in [0.25, 0.3) is 0 Å². The number of carbonyl (C=O) groups excluding carboxylic acids is 1. The van der Waals surface area contributed by atoms with Crippen LogP contribution in [0, 0.1) is 12.8 Å². The molecule has 0 radical (unpaired) electrons. The van der Waals surface area contributed by atoms with Gasteiger partial charge in [-0.05, 0) is 32.6 Å². The summed E-state index contributed by atoms with van der Waals surface area (Å²) in [4.78, 5) is 16.7. The first kappa shape index (κ1) is 15.4. The number of carbonyl (C=O) groups is 1. The molecule has 1 aliphatic heterocycles. The summed E-state index contributed by atoms with van der Waals surface area (Å²) >= 11 is 0. The molecule has 122 valence electrons. The van der Waals surface area contributed by atoms with Crippen LogP contribution in [-0.2, 0) is 11.3 Å². The van der Waals surface area contributed by atoms with Gasteiger partial charge in [-0.2, -0.15) is 0 Å². The number of imidazole rings is 1. The lowest BCUT2D eigenvalue weighted by atomic mass is 9.86. The molecule has 2 aliphatic rings. The van der Waals surface area contributed by atoms with Crippen molar-refractivity contribution in [3.8, 4) is 0 Å². The Balaban J connectivity index is 1.58. The molecule has 0 saturated heterocycles. The van der Waals surface area contributed by atoms with E-state index in [9.17, 15) is 13.6 Å². The maximum absolute atomic E-state index is 13.4. The van der Waals surface area contributed by atoms with Crippen LogP contribution < -0.4 is 5.32 Å². The van der Waals surface area contributed by atoms with Crippen molar-refractivity contribution in [1.82, 2.24) is 14.9 Å². The van der Waals surface area contributed by atoms with E-state index in [0.717, 1.165) is 30.9 Å². The molecule has 1 amide bonds. The molecular formula is C16H23F2N3O. The van der Waals surface area contributed by atoms with E-state index >= 15 is 0 Å². The maximum atomic E-state index is 13.4. The molecule has 6 heteroatoms. The van der Waals surface area contributed by atoms with Gasteiger partial charge in [0.1, 0.15) is 5.82 Å². The number of hydrogen-bond acceptors (Lipinski definition) is 2. The Bertz CT molecular complexity index is 556. The average molecular weight is 311 g/mol. The molecule has 4 nitrogen and oxygen atoms in total. The summed E-state index contributed by atoms with van der Waals surface area (Å²) in [5.74, 6) is -2.25. The normalized spacial score (nSPS) is 27.2. The standard InChI is InChI=1S/C16H23F2N3O/c1-11-10-21-7-3-5-13(14(21)20-11)9-19-15(22)12-4-2-6-16(17,18)8-12/h10,12-13H,2-9H2,1H3,(H,19,22)/t12-,13-/m0/s1. The maximum Gasteiger partial charge on any atom is 0.248 e. The minimum absolute atomic E-state index is 0.0872. The quantitative estimate of drug-likeness (QED) is 0.933. The van der Waals surface area contributed by atoms with Crippen molar-refractivity contribution in [2.24, 2.45) is 5.92 Å². The zero-order valence-electron chi connectivity index (χ0n) is 12.9. The van der Waals surface area contributed by atoms with E-state index in [1.165, 1.54) is 0 Å². The zero-order chi connectivity index (χ0) is 15.7. The highest BCUT2D eigenvalue weighted by Crippen LogP contribution is 2.36. The van der Waals surface area contributed by atoms with Crippen molar-refractivity contribution >= 4 is 5.91 Å². The van der Waals surface area contributed by atoms with Gasteiger partial charge < -0.3 is 9.88 Å². The smallest absolute Gasteiger partial charge is 0.248 e.